The van der Waals surface area contributed by atoms with Crippen molar-refractivity contribution in [2.75, 3.05) is 40.3 Å². The zero-order chi connectivity index (χ0) is 30.9. The molecule has 3 fully saturated rings. The van der Waals surface area contributed by atoms with Gasteiger partial charge in [-0.15, -0.1) is 0 Å². The Morgan fingerprint density at radius 3 is 2.42 bits per heavy atom. The molecule has 5 heterocycles. The van der Waals surface area contributed by atoms with Gasteiger partial charge < -0.3 is 18.8 Å². The highest BCUT2D eigenvalue weighted by molar-refractivity contribution is 5.95. The number of nitrogens with one attached hydrogen (secondary N) is 1. The van der Waals surface area contributed by atoms with Crippen LogP contribution in [0.25, 0.3) is 33.7 Å². The number of carbonyl (C=O) groups is 1. The Morgan fingerprint density at radius 1 is 0.956 bits per heavy atom. The van der Waals surface area contributed by atoms with E-state index in [1.165, 1.54) is 44.1 Å². The first-order valence-electron chi connectivity index (χ1n) is 16.9. The van der Waals surface area contributed by atoms with Gasteiger partial charge in [0, 0.05) is 30.1 Å². The molecule has 0 radical (unpaired) electrons. The largest absolute Gasteiger partial charge is 0.458 e. The summed E-state index contributed by atoms with van der Waals surface area (Å²) < 4.78 is 13.7. The standard InChI is InChI=1S/C35H46N6O4/c1-38(2)26-15-19-40(20-16-26)31(42)23-41-29-21-25(34-36-35(43)45-37-34)11-13-28(29)32(24-9-5-3-6-10-24)33(41)30-14-12-27(44-30)22-39-17-7-4-8-18-39/h11-14,21,24,26H,3-10,15-20,22-23H2,1-2H3,(H,36,37,43). The molecule has 2 saturated heterocycles. The number of hydrogen-bond donors (Lipinski definition) is 1. The molecule has 3 aliphatic rings. The van der Waals surface area contributed by atoms with E-state index in [2.05, 4.69) is 56.8 Å². The van der Waals surface area contributed by atoms with Crippen molar-refractivity contribution in [3.63, 3.8) is 0 Å². The monoisotopic (exact) mass is 614 g/mol. The summed E-state index contributed by atoms with van der Waals surface area (Å²) in [5.41, 5.74) is 4.00. The van der Waals surface area contributed by atoms with Crippen molar-refractivity contribution < 1.29 is 13.7 Å². The Morgan fingerprint density at radius 2 is 1.71 bits per heavy atom. The zero-order valence-electron chi connectivity index (χ0n) is 26.7. The molecule has 1 N–H and O–H groups in total. The fourth-order valence-electron chi connectivity index (χ4n) is 7.91. The van der Waals surface area contributed by atoms with Gasteiger partial charge >= 0.3 is 5.76 Å². The van der Waals surface area contributed by atoms with E-state index in [4.69, 9.17) is 8.94 Å². The minimum absolute atomic E-state index is 0.126. The van der Waals surface area contributed by atoms with E-state index in [1.807, 2.05) is 17.0 Å². The molecular formula is C35H46N6O4. The van der Waals surface area contributed by atoms with E-state index < -0.39 is 5.76 Å². The molecule has 2 aliphatic heterocycles. The molecule has 0 unspecified atom stereocenters. The maximum atomic E-state index is 14.1. The summed E-state index contributed by atoms with van der Waals surface area (Å²) in [4.78, 5) is 35.3. The Kier molecular flexibility index (Phi) is 8.68. The fourth-order valence-corrected chi connectivity index (χ4v) is 7.91. The molecule has 240 valence electrons. The van der Waals surface area contributed by atoms with Gasteiger partial charge in [0.15, 0.2) is 11.6 Å². The topological polar surface area (TPSA) is 104 Å². The van der Waals surface area contributed by atoms with Crippen LogP contribution in [0.1, 0.15) is 81.4 Å². The molecule has 0 bridgehead atoms. The van der Waals surface area contributed by atoms with Gasteiger partial charge in [-0.3, -0.25) is 19.2 Å². The van der Waals surface area contributed by atoms with Gasteiger partial charge in [-0.2, -0.15) is 0 Å². The third-order valence-electron chi connectivity index (χ3n) is 10.4. The van der Waals surface area contributed by atoms with Crippen molar-refractivity contribution in [1.82, 2.24) is 29.4 Å². The zero-order valence-corrected chi connectivity index (χ0v) is 26.7. The third kappa shape index (κ3) is 6.27. The molecule has 1 aromatic carbocycles. The lowest BCUT2D eigenvalue weighted by Crippen LogP contribution is -2.45. The molecule has 10 heteroatoms. The second kappa shape index (κ2) is 13.0. The molecule has 0 spiro atoms. The first-order chi connectivity index (χ1) is 21.9. The van der Waals surface area contributed by atoms with Crippen LogP contribution in [-0.4, -0.2) is 81.6 Å². The first-order valence-corrected chi connectivity index (χ1v) is 16.9. The van der Waals surface area contributed by atoms with E-state index in [-0.39, 0.29) is 12.5 Å². The van der Waals surface area contributed by atoms with Crippen LogP contribution < -0.4 is 5.76 Å². The smallest absolute Gasteiger partial charge is 0.439 e. The van der Waals surface area contributed by atoms with Crippen molar-refractivity contribution in [2.24, 2.45) is 0 Å². The number of nitrogens with zero attached hydrogens (tertiary/aromatic N) is 5. The minimum atomic E-state index is -0.586. The van der Waals surface area contributed by atoms with E-state index >= 15 is 0 Å². The quantitative estimate of drug-likeness (QED) is 0.266. The van der Waals surface area contributed by atoms with Crippen LogP contribution in [0.5, 0.6) is 0 Å². The summed E-state index contributed by atoms with van der Waals surface area (Å²) in [5.74, 6) is 2.11. The molecular weight excluding hydrogens is 568 g/mol. The van der Waals surface area contributed by atoms with Crippen LogP contribution in [0.3, 0.4) is 0 Å². The maximum Gasteiger partial charge on any atom is 0.439 e. The number of amides is 1. The number of aromatic amines is 1. The molecule has 10 nitrogen and oxygen atoms in total. The predicted octanol–water partition coefficient (Wildman–Crippen LogP) is 5.83. The van der Waals surface area contributed by atoms with E-state index in [0.717, 1.165) is 92.1 Å². The highest BCUT2D eigenvalue weighted by Gasteiger charge is 2.31. The number of aromatic nitrogens is 3. The van der Waals surface area contributed by atoms with Gasteiger partial charge in [-0.1, -0.05) is 43.0 Å². The van der Waals surface area contributed by atoms with Crippen LogP contribution in [0.4, 0.5) is 0 Å². The normalized spacial score (nSPS) is 19.2. The average Bonchev–Trinajstić information content (AvgIpc) is 3.79. The van der Waals surface area contributed by atoms with E-state index in [1.54, 1.807) is 0 Å². The van der Waals surface area contributed by atoms with Crippen LogP contribution in [0, 0.1) is 0 Å². The van der Waals surface area contributed by atoms with Crippen molar-refractivity contribution >= 4 is 16.8 Å². The molecule has 4 aromatic rings. The molecule has 3 aromatic heterocycles. The molecule has 0 atom stereocenters. The summed E-state index contributed by atoms with van der Waals surface area (Å²) >= 11 is 0. The van der Waals surface area contributed by atoms with Crippen LogP contribution in [0.2, 0.25) is 0 Å². The number of likely N-dealkylation sites (tertiary alicyclic amines) is 2. The number of H-pyrrole nitrogens is 1. The summed E-state index contributed by atoms with van der Waals surface area (Å²) in [5, 5.41) is 5.10. The molecule has 1 aliphatic carbocycles. The second-order valence-electron chi connectivity index (χ2n) is 13.5. The lowest BCUT2D eigenvalue weighted by Gasteiger charge is -2.35. The second-order valence-corrected chi connectivity index (χ2v) is 13.5. The summed E-state index contributed by atoms with van der Waals surface area (Å²) in [6.45, 7) is 4.77. The Balaban J connectivity index is 1.32. The Hall–Kier alpha value is -3.63. The highest BCUT2D eigenvalue weighted by Crippen LogP contribution is 2.45. The van der Waals surface area contributed by atoms with Gasteiger partial charge in [0.1, 0.15) is 12.3 Å². The predicted molar refractivity (Wildman–Crippen MR) is 174 cm³/mol. The SMILES string of the molecule is CN(C)C1CCN(C(=O)Cn2c(-c3ccc(CN4CCCCC4)o3)c(C3CCCCC3)c3ccc(-c4noc(=O)[nH]4)cc32)CC1. The lowest BCUT2D eigenvalue weighted by atomic mass is 9.82. The number of rotatable bonds is 8. The molecule has 45 heavy (non-hydrogen) atoms. The number of piperidine rings is 2. The van der Waals surface area contributed by atoms with E-state index in [0.29, 0.717) is 17.8 Å². The Bertz CT molecular complexity index is 1680. The molecule has 1 saturated carbocycles. The first kappa shape index (κ1) is 30.0. The third-order valence-corrected chi connectivity index (χ3v) is 10.4. The van der Waals surface area contributed by atoms with Crippen LogP contribution >= 0.6 is 0 Å². The van der Waals surface area contributed by atoms with Crippen molar-refractivity contribution in [2.45, 2.75) is 89.3 Å². The summed E-state index contributed by atoms with van der Waals surface area (Å²) in [6, 6.07) is 10.9. The van der Waals surface area contributed by atoms with Gasteiger partial charge in [-0.05, 0) is 95.4 Å². The molecule has 7 rings (SSSR count). The number of benzene rings is 1. The number of furan rings is 1. The molecule has 1 amide bonds. The van der Waals surface area contributed by atoms with Gasteiger partial charge in [0.2, 0.25) is 5.91 Å². The fraction of sp³-hybridized carbons (Fsp3) is 0.571. The van der Waals surface area contributed by atoms with Crippen LogP contribution in [0.15, 0.2) is 44.1 Å². The van der Waals surface area contributed by atoms with E-state index in [9.17, 15) is 9.59 Å². The highest BCUT2D eigenvalue weighted by atomic mass is 16.5. The van der Waals surface area contributed by atoms with Gasteiger partial charge in [0.05, 0.1) is 17.8 Å². The van der Waals surface area contributed by atoms with Gasteiger partial charge in [-0.25, -0.2) is 4.79 Å². The average molecular weight is 615 g/mol. The van der Waals surface area contributed by atoms with Crippen molar-refractivity contribution in [3.05, 3.63) is 52.2 Å². The Labute approximate surface area is 264 Å². The number of fused-ring (bicyclic) bond motifs is 1. The van der Waals surface area contributed by atoms with Crippen molar-refractivity contribution in [1.29, 1.82) is 0 Å². The number of hydrogen-bond acceptors (Lipinski definition) is 7. The maximum absolute atomic E-state index is 14.1. The summed E-state index contributed by atoms with van der Waals surface area (Å²) in [6.07, 6.45) is 11.6. The minimum Gasteiger partial charge on any atom is -0.458 e. The number of carbonyl (C=O) groups excluding carboxylic acids is 1. The van der Waals surface area contributed by atoms with Crippen molar-refractivity contribution in [3.8, 4) is 22.8 Å². The van der Waals surface area contributed by atoms with Crippen LogP contribution in [-0.2, 0) is 17.9 Å². The lowest BCUT2D eigenvalue weighted by molar-refractivity contribution is -0.133. The summed E-state index contributed by atoms with van der Waals surface area (Å²) in [7, 11) is 4.24. The van der Waals surface area contributed by atoms with Gasteiger partial charge in [0.25, 0.3) is 0 Å².